The molecule has 0 saturated heterocycles. The Labute approximate surface area is 100 Å². The maximum Gasteiger partial charge on any atom is 0.321 e. The highest BCUT2D eigenvalue weighted by atomic mass is 16.5. The van der Waals surface area contributed by atoms with Crippen LogP contribution in [0.5, 0.6) is 11.5 Å². The fourth-order valence-electron chi connectivity index (χ4n) is 1.55. The molecule has 1 aromatic rings. The lowest BCUT2D eigenvalue weighted by molar-refractivity contribution is -0.139. The monoisotopic (exact) mass is 239 g/mol. The molecular weight excluding hydrogens is 222 g/mol. The third-order valence-corrected chi connectivity index (χ3v) is 2.56. The Balaban J connectivity index is 2.93. The van der Waals surface area contributed by atoms with E-state index in [1.165, 1.54) is 0 Å². The number of nitrogens with one attached hydrogen (secondary N) is 1. The number of hydrogen-bond acceptors (Lipinski definition) is 4. The second-order valence-electron chi connectivity index (χ2n) is 3.56. The maximum absolute atomic E-state index is 10.9. The zero-order valence-corrected chi connectivity index (χ0v) is 10.2. The van der Waals surface area contributed by atoms with Crippen LogP contribution < -0.4 is 14.8 Å². The molecule has 0 aliphatic carbocycles. The molecule has 0 fully saturated rings. The highest BCUT2D eigenvalue weighted by Crippen LogP contribution is 2.25. The zero-order chi connectivity index (χ0) is 12.8. The topological polar surface area (TPSA) is 67.8 Å². The van der Waals surface area contributed by atoms with E-state index in [2.05, 4.69) is 5.32 Å². The molecule has 1 unspecified atom stereocenters. The fraction of sp³-hybridized carbons (Fsp3) is 0.417. The molecule has 0 aliphatic rings. The van der Waals surface area contributed by atoms with Crippen molar-refractivity contribution in [2.24, 2.45) is 0 Å². The summed E-state index contributed by atoms with van der Waals surface area (Å²) in [4.78, 5) is 10.9. The molecule has 1 aromatic carbocycles. The van der Waals surface area contributed by atoms with Gasteiger partial charge in [-0.05, 0) is 18.7 Å². The van der Waals surface area contributed by atoms with E-state index >= 15 is 0 Å². The molecule has 0 radical (unpaired) electrons. The van der Waals surface area contributed by atoms with Crippen molar-refractivity contribution < 1.29 is 19.4 Å². The van der Waals surface area contributed by atoms with Crippen molar-refractivity contribution in [3.05, 3.63) is 23.8 Å². The summed E-state index contributed by atoms with van der Waals surface area (Å²) in [6, 6.07) is 4.71. The van der Waals surface area contributed by atoms with E-state index in [1.807, 2.05) is 6.07 Å². The largest absolute Gasteiger partial charge is 0.497 e. The van der Waals surface area contributed by atoms with E-state index in [4.69, 9.17) is 14.6 Å². The predicted octanol–water partition coefficient (Wildman–Crippen LogP) is 0.919. The summed E-state index contributed by atoms with van der Waals surface area (Å²) in [6.45, 7) is 0. The summed E-state index contributed by atoms with van der Waals surface area (Å²) in [7, 11) is 4.74. The summed E-state index contributed by atoms with van der Waals surface area (Å²) in [5.41, 5.74) is 0.829. The van der Waals surface area contributed by atoms with Crippen molar-refractivity contribution in [3.8, 4) is 11.5 Å². The average molecular weight is 239 g/mol. The van der Waals surface area contributed by atoms with E-state index in [0.717, 1.165) is 5.56 Å². The Hall–Kier alpha value is -1.75. The van der Waals surface area contributed by atoms with Crippen molar-refractivity contribution >= 4 is 5.97 Å². The quantitative estimate of drug-likeness (QED) is 0.772. The number of aliphatic carboxylic acids is 1. The Morgan fingerprint density at radius 1 is 1.41 bits per heavy atom. The standard InChI is InChI=1S/C12H17NO4/c1-13-10(12(14)15)6-8-4-5-9(16-2)7-11(8)17-3/h4-5,7,10,13H,6H2,1-3H3,(H,14,15). The summed E-state index contributed by atoms with van der Waals surface area (Å²) in [6.07, 6.45) is 0.360. The first-order valence-electron chi connectivity index (χ1n) is 5.23. The Bertz CT molecular complexity index is 392. The molecule has 5 heteroatoms. The van der Waals surface area contributed by atoms with Gasteiger partial charge in [0, 0.05) is 12.5 Å². The predicted molar refractivity (Wildman–Crippen MR) is 63.7 cm³/mol. The Morgan fingerprint density at radius 3 is 2.59 bits per heavy atom. The lowest BCUT2D eigenvalue weighted by atomic mass is 10.0. The van der Waals surface area contributed by atoms with Gasteiger partial charge in [-0.2, -0.15) is 0 Å². The molecule has 0 bridgehead atoms. The third kappa shape index (κ3) is 3.35. The van der Waals surface area contributed by atoms with E-state index in [0.29, 0.717) is 17.9 Å². The second kappa shape index (κ2) is 6.10. The fourth-order valence-corrected chi connectivity index (χ4v) is 1.55. The molecule has 2 N–H and O–H groups in total. The van der Waals surface area contributed by atoms with Gasteiger partial charge in [0.2, 0.25) is 0 Å². The van der Waals surface area contributed by atoms with Gasteiger partial charge in [-0.25, -0.2) is 0 Å². The highest BCUT2D eigenvalue weighted by molar-refractivity contribution is 5.74. The number of methoxy groups -OCH3 is 2. The van der Waals surface area contributed by atoms with Gasteiger partial charge in [0.25, 0.3) is 0 Å². The summed E-state index contributed by atoms with van der Waals surface area (Å²) >= 11 is 0. The molecule has 0 aliphatic heterocycles. The van der Waals surface area contributed by atoms with Gasteiger partial charge in [-0.15, -0.1) is 0 Å². The van der Waals surface area contributed by atoms with Crippen LogP contribution in [-0.2, 0) is 11.2 Å². The Kier molecular flexibility index (Phi) is 4.78. The summed E-state index contributed by atoms with van der Waals surface area (Å²) in [5.74, 6) is 0.429. The first-order chi connectivity index (χ1) is 8.12. The van der Waals surface area contributed by atoms with Crippen molar-refractivity contribution in [1.29, 1.82) is 0 Å². The molecule has 1 rings (SSSR count). The second-order valence-corrected chi connectivity index (χ2v) is 3.56. The van der Waals surface area contributed by atoms with Gasteiger partial charge in [-0.1, -0.05) is 6.07 Å². The average Bonchev–Trinajstić information content (AvgIpc) is 2.35. The Morgan fingerprint density at radius 2 is 2.12 bits per heavy atom. The van der Waals surface area contributed by atoms with E-state index in [-0.39, 0.29) is 0 Å². The van der Waals surface area contributed by atoms with Crippen molar-refractivity contribution in [2.45, 2.75) is 12.5 Å². The maximum atomic E-state index is 10.9. The number of carboxylic acid groups (broad SMARTS) is 1. The number of carbonyl (C=O) groups is 1. The molecule has 0 aromatic heterocycles. The lowest BCUT2D eigenvalue weighted by Gasteiger charge is -2.14. The van der Waals surface area contributed by atoms with Crippen molar-refractivity contribution in [1.82, 2.24) is 5.32 Å². The number of likely N-dealkylation sites (N-methyl/N-ethyl adjacent to an activating group) is 1. The molecule has 1 atom stereocenters. The third-order valence-electron chi connectivity index (χ3n) is 2.56. The summed E-state index contributed by atoms with van der Waals surface area (Å²) in [5, 5.41) is 11.7. The van der Waals surface area contributed by atoms with Gasteiger partial charge in [-0.3, -0.25) is 4.79 Å². The van der Waals surface area contributed by atoms with Crippen molar-refractivity contribution in [2.75, 3.05) is 21.3 Å². The molecule has 0 amide bonds. The van der Waals surface area contributed by atoms with E-state index < -0.39 is 12.0 Å². The van der Waals surface area contributed by atoms with E-state index in [9.17, 15) is 4.79 Å². The number of benzene rings is 1. The van der Waals surface area contributed by atoms with Gasteiger partial charge in [0.05, 0.1) is 14.2 Å². The lowest BCUT2D eigenvalue weighted by Crippen LogP contribution is -2.35. The number of rotatable bonds is 6. The van der Waals surface area contributed by atoms with Crippen LogP contribution in [0.2, 0.25) is 0 Å². The molecule has 0 spiro atoms. The normalized spacial score (nSPS) is 11.9. The van der Waals surface area contributed by atoms with Crippen LogP contribution in [-0.4, -0.2) is 38.4 Å². The van der Waals surface area contributed by atoms with E-state index in [1.54, 1.807) is 33.4 Å². The molecule has 17 heavy (non-hydrogen) atoms. The van der Waals surface area contributed by atoms with Crippen LogP contribution in [0.15, 0.2) is 18.2 Å². The first kappa shape index (κ1) is 13.3. The van der Waals surface area contributed by atoms with Crippen LogP contribution in [0.3, 0.4) is 0 Å². The zero-order valence-electron chi connectivity index (χ0n) is 10.2. The smallest absolute Gasteiger partial charge is 0.321 e. The van der Waals surface area contributed by atoms with Gasteiger partial charge in [0.1, 0.15) is 17.5 Å². The first-order valence-corrected chi connectivity index (χ1v) is 5.23. The summed E-state index contributed by atoms with van der Waals surface area (Å²) < 4.78 is 10.3. The number of ether oxygens (including phenoxy) is 2. The molecule has 0 heterocycles. The van der Waals surface area contributed by atoms with Crippen LogP contribution in [0, 0.1) is 0 Å². The van der Waals surface area contributed by atoms with Crippen LogP contribution in [0.25, 0.3) is 0 Å². The minimum atomic E-state index is -0.884. The van der Waals surface area contributed by atoms with Crippen LogP contribution in [0.4, 0.5) is 0 Å². The number of carboxylic acids is 1. The molecule has 5 nitrogen and oxygen atoms in total. The van der Waals surface area contributed by atoms with Gasteiger partial charge < -0.3 is 19.9 Å². The molecule has 0 saturated carbocycles. The SMILES string of the molecule is CNC(Cc1ccc(OC)cc1OC)C(=O)O. The minimum absolute atomic E-state index is 0.360. The molecular formula is C12H17NO4. The number of hydrogen-bond donors (Lipinski definition) is 2. The highest BCUT2D eigenvalue weighted by Gasteiger charge is 2.17. The minimum Gasteiger partial charge on any atom is -0.497 e. The van der Waals surface area contributed by atoms with Crippen molar-refractivity contribution in [3.63, 3.8) is 0 Å². The van der Waals surface area contributed by atoms with Crippen LogP contribution >= 0.6 is 0 Å². The molecule has 94 valence electrons. The van der Waals surface area contributed by atoms with Gasteiger partial charge in [0.15, 0.2) is 0 Å². The van der Waals surface area contributed by atoms with Gasteiger partial charge >= 0.3 is 5.97 Å². The van der Waals surface area contributed by atoms with Crippen LogP contribution in [0.1, 0.15) is 5.56 Å².